The van der Waals surface area contributed by atoms with Crippen molar-refractivity contribution in [2.45, 2.75) is 26.5 Å². The van der Waals surface area contributed by atoms with Gasteiger partial charge in [-0.25, -0.2) is 0 Å². The quantitative estimate of drug-likeness (QED) is 0.612. The summed E-state index contributed by atoms with van der Waals surface area (Å²) in [5.41, 5.74) is 9.65. The Labute approximate surface area is 175 Å². The van der Waals surface area contributed by atoms with Crippen LogP contribution in [0, 0.1) is 6.92 Å². The normalized spacial score (nSPS) is 15.6. The van der Waals surface area contributed by atoms with Crippen LogP contribution in [-0.4, -0.2) is 26.1 Å². The molecule has 0 radical (unpaired) electrons. The first kappa shape index (κ1) is 19.1. The number of ether oxygens (including phenoxy) is 1. The Hall–Kier alpha value is -3.20. The molecule has 1 amide bonds. The average molecular weight is 455 g/mol. The number of hydrogen-bond acceptors (Lipinski definition) is 6. The van der Waals surface area contributed by atoms with Crippen molar-refractivity contribution in [3.63, 3.8) is 0 Å². The topological polar surface area (TPSA) is 108 Å². The lowest BCUT2D eigenvalue weighted by Gasteiger charge is -2.28. The van der Waals surface area contributed by atoms with E-state index in [9.17, 15) is 4.79 Å². The number of carbonyl (C=O) groups excluding carboxylic acids is 1. The van der Waals surface area contributed by atoms with Crippen LogP contribution in [0.5, 0.6) is 5.75 Å². The lowest BCUT2D eigenvalue weighted by Crippen LogP contribution is -2.32. The van der Waals surface area contributed by atoms with Crippen LogP contribution in [0.1, 0.15) is 29.7 Å². The van der Waals surface area contributed by atoms with Crippen molar-refractivity contribution < 1.29 is 9.53 Å². The molecule has 2 heterocycles. The Bertz CT molecular complexity index is 1120. The van der Waals surface area contributed by atoms with Gasteiger partial charge in [0.2, 0.25) is 11.9 Å². The highest BCUT2D eigenvalue weighted by molar-refractivity contribution is 9.10. The molecule has 1 aliphatic heterocycles. The third-order valence-electron chi connectivity index (χ3n) is 4.89. The number of fused-ring (bicyclic) bond motifs is 1. The van der Waals surface area contributed by atoms with E-state index in [1.165, 1.54) is 4.68 Å². The summed E-state index contributed by atoms with van der Waals surface area (Å²) in [7, 11) is 0. The van der Waals surface area contributed by atoms with Crippen molar-refractivity contribution in [2.75, 3.05) is 5.32 Å². The molecule has 1 aliphatic rings. The van der Waals surface area contributed by atoms with Crippen LogP contribution in [0.4, 0.5) is 5.95 Å². The van der Waals surface area contributed by atoms with Gasteiger partial charge in [-0.3, -0.25) is 4.79 Å². The monoisotopic (exact) mass is 454 g/mol. The summed E-state index contributed by atoms with van der Waals surface area (Å²) in [4.78, 5) is 12.3. The maximum atomic E-state index is 12.3. The molecule has 29 heavy (non-hydrogen) atoms. The minimum Gasteiger partial charge on any atom is -0.489 e. The molecule has 0 saturated carbocycles. The predicted octanol–water partition coefficient (Wildman–Crippen LogP) is 3.10. The van der Waals surface area contributed by atoms with Crippen molar-refractivity contribution in [1.29, 1.82) is 0 Å². The summed E-state index contributed by atoms with van der Waals surface area (Å²) in [6.07, 6.45) is 0. The first-order valence-corrected chi connectivity index (χ1v) is 9.77. The molecular weight excluding hydrogens is 436 g/mol. The molecule has 0 fully saturated rings. The van der Waals surface area contributed by atoms with E-state index in [0.29, 0.717) is 29.6 Å². The summed E-state index contributed by atoms with van der Waals surface area (Å²) >= 11 is 3.51. The number of nitrogens with two attached hydrogens (primary N) is 1. The molecule has 0 saturated heterocycles. The van der Waals surface area contributed by atoms with Gasteiger partial charge in [-0.15, -0.1) is 0 Å². The fourth-order valence-corrected chi connectivity index (χ4v) is 3.79. The lowest BCUT2D eigenvalue weighted by molar-refractivity contribution is -0.115. The molecule has 8 nitrogen and oxygen atoms in total. The number of primary amides is 1. The van der Waals surface area contributed by atoms with Gasteiger partial charge in [0.05, 0.1) is 5.57 Å². The minimum absolute atomic E-state index is 0.378. The van der Waals surface area contributed by atoms with Gasteiger partial charge in [-0.05, 0) is 53.6 Å². The van der Waals surface area contributed by atoms with Gasteiger partial charge >= 0.3 is 0 Å². The van der Waals surface area contributed by atoms with E-state index in [2.05, 4.69) is 36.8 Å². The number of halogens is 1. The number of anilines is 1. The van der Waals surface area contributed by atoms with Crippen LogP contribution in [0.25, 0.3) is 0 Å². The van der Waals surface area contributed by atoms with Gasteiger partial charge in [0.15, 0.2) is 0 Å². The highest BCUT2D eigenvalue weighted by Gasteiger charge is 2.34. The minimum atomic E-state index is -0.608. The molecule has 2 aromatic carbocycles. The second kappa shape index (κ2) is 7.67. The van der Waals surface area contributed by atoms with Crippen LogP contribution in [-0.2, 0) is 11.4 Å². The highest BCUT2D eigenvalue weighted by atomic mass is 79.9. The van der Waals surface area contributed by atoms with E-state index in [1.54, 1.807) is 6.92 Å². The van der Waals surface area contributed by atoms with Gasteiger partial charge in [0.25, 0.3) is 0 Å². The number of benzene rings is 2. The van der Waals surface area contributed by atoms with E-state index >= 15 is 0 Å². The Balaban J connectivity index is 1.79. The molecule has 1 atom stereocenters. The summed E-state index contributed by atoms with van der Waals surface area (Å²) in [6.45, 7) is 4.21. The molecule has 4 rings (SSSR count). The van der Waals surface area contributed by atoms with E-state index in [1.807, 2.05) is 49.4 Å². The molecule has 1 unspecified atom stereocenters. The number of nitrogens with one attached hydrogen (secondary N) is 1. The summed E-state index contributed by atoms with van der Waals surface area (Å²) in [5, 5.41) is 14.8. The molecule has 0 spiro atoms. The molecule has 148 valence electrons. The van der Waals surface area contributed by atoms with Crippen molar-refractivity contribution in [3.8, 4) is 5.75 Å². The van der Waals surface area contributed by atoms with E-state index in [-0.39, 0.29) is 0 Å². The number of amides is 1. The second-order valence-corrected chi connectivity index (χ2v) is 7.69. The smallest absolute Gasteiger partial charge is 0.248 e. The average Bonchev–Trinajstić information content (AvgIpc) is 3.14. The molecule has 3 N–H and O–H groups in total. The molecule has 3 aromatic rings. The van der Waals surface area contributed by atoms with E-state index in [0.717, 1.165) is 21.2 Å². The third kappa shape index (κ3) is 3.61. The molecule has 1 aromatic heterocycles. The Morgan fingerprint density at radius 2 is 2.07 bits per heavy atom. The number of carbonyl (C=O) groups is 1. The van der Waals surface area contributed by atoms with Gasteiger partial charge < -0.3 is 15.8 Å². The summed E-state index contributed by atoms with van der Waals surface area (Å²) in [6, 6.07) is 13.1. The fourth-order valence-electron chi connectivity index (χ4n) is 3.41. The Morgan fingerprint density at radius 1 is 1.28 bits per heavy atom. The number of allylic oxidation sites excluding steroid dienone is 1. The van der Waals surface area contributed by atoms with Crippen LogP contribution in [0.3, 0.4) is 0 Å². The van der Waals surface area contributed by atoms with Crippen LogP contribution in [0.2, 0.25) is 0 Å². The second-order valence-electron chi connectivity index (χ2n) is 6.77. The number of rotatable bonds is 5. The number of tetrazole rings is 1. The fraction of sp³-hybridized carbons (Fsp3) is 0.200. The maximum Gasteiger partial charge on any atom is 0.248 e. The summed E-state index contributed by atoms with van der Waals surface area (Å²) in [5.74, 6) is 0.504. The molecule has 9 heteroatoms. The van der Waals surface area contributed by atoms with Crippen LogP contribution < -0.4 is 15.8 Å². The Morgan fingerprint density at radius 3 is 2.83 bits per heavy atom. The predicted molar refractivity (Wildman–Crippen MR) is 111 cm³/mol. The SMILES string of the molecule is CC1=C(C(N)=O)C(c2cc(Br)ccc2OCc2ccccc2C)n2nnnc2N1. The molecular formula is C20H19BrN6O2. The van der Waals surface area contributed by atoms with Crippen molar-refractivity contribution in [2.24, 2.45) is 5.73 Å². The number of hydrogen-bond donors (Lipinski definition) is 2. The first-order chi connectivity index (χ1) is 14.0. The zero-order chi connectivity index (χ0) is 20.5. The highest BCUT2D eigenvalue weighted by Crippen LogP contribution is 2.39. The van der Waals surface area contributed by atoms with Gasteiger partial charge in [0, 0.05) is 15.7 Å². The van der Waals surface area contributed by atoms with Crippen molar-refractivity contribution >= 4 is 27.8 Å². The standard InChI is InChI=1S/C20H19BrN6O2/c1-11-5-3-4-6-13(11)10-29-16-8-7-14(21)9-15(16)18-17(19(22)28)12(2)23-20-24-25-26-27(18)20/h3-9,18H,10H2,1-2H3,(H2,22,28)(H,23,24,26). The zero-order valence-electron chi connectivity index (χ0n) is 15.9. The van der Waals surface area contributed by atoms with E-state index in [4.69, 9.17) is 10.5 Å². The van der Waals surface area contributed by atoms with Gasteiger partial charge in [-0.1, -0.05) is 45.3 Å². The zero-order valence-corrected chi connectivity index (χ0v) is 17.5. The van der Waals surface area contributed by atoms with Crippen molar-refractivity contribution in [3.05, 3.63) is 74.9 Å². The van der Waals surface area contributed by atoms with Crippen molar-refractivity contribution in [1.82, 2.24) is 20.2 Å². The number of nitrogens with zero attached hydrogens (tertiary/aromatic N) is 4. The Kier molecular flexibility index (Phi) is 5.06. The van der Waals surface area contributed by atoms with Crippen LogP contribution in [0.15, 0.2) is 58.2 Å². The molecule has 0 bridgehead atoms. The van der Waals surface area contributed by atoms with E-state index < -0.39 is 11.9 Å². The van der Waals surface area contributed by atoms with Gasteiger partial charge in [0.1, 0.15) is 18.4 Å². The number of aromatic nitrogens is 4. The maximum absolute atomic E-state index is 12.3. The largest absolute Gasteiger partial charge is 0.489 e. The first-order valence-electron chi connectivity index (χ1n) is 8.98. The third-order valence-corrected chi connectivity index (χ3v) is 5.38. The lowest BCUT2D eigenvalue weighted by atomic mass is 9.94. The summed E-state index contributed by atoms with van der Waals surface area (Å²) < 4.78 is 8.54. The van der Waals surface area contributed by atoms with Gasteiger partial charge in [-0.2, -0.15) is 4.68 Å². The molecule has 0 aliphatic carbocycles. The van der Waals surface area contributed by atoms with Crippen LogP contribution >= 0.6 is 15.9 Å². The number of aryl methyl sites for hydroxylation is 1.